The molecule has 1 unspecified atom stereocenters. The topological polar surface area (TPSA) is 57.8 Å². The summed E-state index contributed by atoms with van der Waals surface area (Å²) in [7, 11) is 0. The molecule has 4 heterocycles. The number of fused-ring (bicyclic) bond motifs is 1. The maximum atomic E-state index is 6.02. The van der Waals surface area contributed by atoms with E-state index in [0.29, 0.717) is 0 Å². The molecule has 1 saturated heterocycles. The van der Waals surface area contributed by atoms with E-state index in [1.54, 1.807) is 0 Å². The van der Waals surface area contributed by atoms with Crippen molar-refractivity contribution < 1.29 is 4.74 Å². The molecule has 3 aromatic heterocycles. The monoisotopic (exact) mass is 513 g/mol. The highest BCUT2D eigenvalue weighted by molar-refractivity contribution is 9.10. The molecule has 0 N–H and O–H groups in total. The molecule has 34 heavy (non-hydrogen) atoms. The predicted molar refractivity (Wildman–Crippen MR) is 137 cm³/mol. The predicted octanol–water partition coefficient (Wildman–Crippen LogP) is 6.72. The highest BCUT2D eigenvalue weighted by atomic mass is 79.9. The Kier molecular flexibility index (Phi) is 5.51. The van der Waals surface area contributed by atoms with Crippen LogP contribution in [0.5, 0.6) is 0 Å². The minimum atomic E-state index is -0.0325. The van der Waals surface area contributed by atoms with E-state index in [0.717, 1.165) is 75.1 Å². The van der Waals surface area contributed by atoms with Crippen LogP contribution >= 0.6 is 15.9 Å². The minimum Gasteiger partial charge on any atom is -0.357 e. The fourth-order valence-corrected chi connectivity index (χ4v) is 4.80. The van der Waals surface area contributed by atoms with Crippen LogP contribution in [0.3, 0.4) is 0 Å². The average molecular weight is 514 g/mol. The molecule has 1 fully saturated rings. The number of rotatable bonds is 4. The Morgan fingerprint density at radius 1 is 1.03 bits per heavy atom. The van der Waals surface area contributed by atoms with Crippen LogP contribution < -0.4 is 0 Å². The second-order valence-electron chi connectivity index (χ2n) is 8.66. The first-order chi connectivity index (χ1) is 16.7. The molecule has 2 aromatic carbocycles. The van der Waals surface area contributed by atoms with Crippen molar-refractivity contribution in [1.82, 2.24) is 24.5 Å². The summed E-state index contributed by atoms with van der Waals surface area (Å²) in [5.74, 6) is 0. The molecular weight excluding hydrogens is 490 g/mol. The first-order valence-electron chi connectivity index (χ1n) is 11.5. The Morgan fingerprint density at radius 3 is 2.71 bits per heavy atom. The number of ether oxygens (including phenoxy) is 1. The molecule has 170 valence electrons. The number of halogens is 1. The Morgan fingerprint density at radius 2 is 1.91 bits per heavy atom. The van der Waals surface area contributed by atoms with Gasteiger partial charge in [-0.3, -0.25) is 4.98 Å². The Bertz CT molecular complexity index is 1460. The quantitative estimate of drug-likeness (QED) is 0.267. The number of aromatic nitrogens is 5. The van der Waals surface area contributed by atoms with Crippen molar-refractivity contribution in [2.24, 2.45) is 0 Å². The number of pyridine rings is 1. The van der Waals surface area contributed by atoms with Gasteiger partial charge in [0.15, 0.2) is 0 Å². The standard InChI is InChI=1S/C27H24BrN5O/c1-18-5-4-6-24(30-18)27-23(17-32(31-27)26-7-2-3-14-34-26)19-8-13-25-20(15-19)16-29-33(25)22-11-9-21(28)10-12-22/h4-6,8-13,15-17,26H,2-3,7,14H2,1H3. The lowest BCUT2D eigenvalue weighted by Crippen LogP contribution is -2.18. The highest BCUT2D eigenvalue weighted by Gasteiger charge is 2.22. The highest BCUT2D eigenvalue weighted by Crippen LogP contribution is 2.35. The van der Waals surface area contributed by atoms with Crippen LogP contribution in [0.25, 0.3) is 39.1 Å². The summed E-state index contributed by atoms with van der Waals surface area (Å²) in [4.78, 5) is 4.76. The maximum absolute atomic E-state index is 6.02. The van der Waals surface area contributed by atoms with Crippen LogP contribution in [0.4, 0.5) is 0 Å². The Labute approximate surface area is 206 Å². The Hall–Kier alpha value is -3.29. The second kappa shape index (κ2) is 8.81. The lowest BCUT2D eigenvalue weighted by Gasteiger charge is -2.22. The summed E-state index contributed by atoms with van der Waals surface area (Å²) in [6.07, 6.45) is 7.22. The van der Waals surface area contributed by atoms with Gasteiger partial charge >= 0.3 is 0 Å². The van der Waals surface area contributed by atoms with Gasteiger partial charge in [0.1, 0.15) is 11.9 Å². The van der Waals surface area contributed by atoms with E-state index >= 15 is 0 Å². The van der Waals surface area contributed by atoms with Crippen LogP contribution in [-0.2, 0) is 4.74 Å². The zero-order valence-electron chi connectivity index (χ0n) is 18.9. The van der Waals surface area contributed by atoms with Gasteiger partial charge in [-0.1, -0.05) is 28.1 Å². The van der Waals surface area contributed by atoms with E-state index in [2.05, 4.69) is 57.6 Å². The third kappa shape index (κ3) is 3.95. The van der Waals surface area contributed by atoms with Crippen molar-refractivity contribution in [1.29, 1.82) is 0 Å². The SMILES string of the molecule is Cc1cccc(-c2nn(C3CCCCO3)cc2-c2ccc3c(cnn3-c3ccc(Br)cc3)c2)n1. The van der Waals surface area contributed by atoms with Crippen molar-refractivity contribution in [2.45, 2.75) is 32.4 Å². The molecule has 0 radical (unpaired) electrons. The molecule has 1 aliphatic rings. The molecule has 7 heteroatoms. The second-order valence-corrected chi connectivity index (χ2v) is 9.58. The summed E-state index contributed by atoms with van der Waals surface area (Å²) in [5.41, 5.74) is 6.93. The average Bonchev–Trinajstić information content (AvgIpc) is 3.50. The number of hydrogen-bond donors (Lipinski definition) is 0. The van der Waals surface area contributed by atoms with Gasteiger partial charge in [-0.2, -0.15) is 10.2 Å². The minimum absolute atomic E-state index is 0.0325. The van der Waals surface area contributed by atoms with Crippen LogP contribution in [-0.4, -0.2) is 31.2 Å². The zero-order chi connectivity index (χ0) is 23.1. The van der Waals surface area contributed by atoms with E-state index < -0.39 is 0 Å². The molecule has 5 aromatic rings. The number of nitrogens with zero attached hydrogens (tertiary/aromatic N) is 5. The smallest absolute Gasteiger partial charge is 0.150 e. The van der Waals surface area contributed by atoms with Gasteiger partial charge < -0.3 is 4.74 Å². The molecule has 1 atom stereocenters. The first-order valence-corrected chi connectivity index (χ1v) is 12.3. The van der Waals surface area contributed by atoms with Gasteiger partial charge in [0, 0.05) is 33.9 Å². The lowest BCUT2D eigenvalue weighted by molar-refractivity contribution is -0.0393. The largest absolute Gasteiger partial charge is 0.357 e. The first kappa shape index (κ1) is 21.3. The molecule has 1 aliphatic heterocycles. The van der Waals surface area contributed by atoms with E-state index in [9.17, 15) is 0 Å². The number of hydrogen-bond acceptors (Lipinski definition) is 4. The summed E-state index contributed by atoms with van der Waals surface area (Å²) in [5, 5.41) is 10.7. The fraction of sp³-hybridized carbons (Fsp3) is 0.222. The van der Waals surface area contributed by atoms with E-state index in [-0.39, 0.29) is 6.23 Å². The maximum Gasteiger partial charge on any atom is 0.150 e. The van der Waals surface area contributed by atoms with Crippen LogP contribution in [0.1, 0.15) is 31.2 Å². The van der Waals surface area contributed by atoms with E-state index in [1.807, 2.05) is 52.8 Å². The molecule has 6 rings (SSSR count). The van der Waals surface area contributed by atoms with Crippen molar-refractivity contribution in [3.63, 3.8) is 0 Å². The van der Waals surface area contributed by atoms with Crippen LogP contribution in [0.15, 0.2) is 77.5 Å². The number of aryl methyl sites for hydroxylation is 1. The summed E-state index contributed by atoms with van der Waals surface area (Å²) < 4.78 is 11.0. The molecule has 6 nitrogen and oxygen atoms in total. The van der Waals surface area contributed by atoms with Crippen molar-refractivity contribution in [2.75, 3.05) is 6.61 Å². The summed E-state index contributed by atoms with van der Waals surface area (Å²) >= 11 is 3.50. The summed E-state index contributed by atoms with van der Waals surface area (Å²) in [6, 6.07) is 20.7. The van der Waals surface area contributed by atoms with Gasteiger partial charge in [0.2, 0.25) is 0 Å². The van der Waals surface area contributed by atoms with Gasteiger partial charge in [-0.15, -0.1) is 0 Å². The van der Waals surface area contributed by atoms with Crippen LogP contribution in [0.2, 0.25) is 0 Å². The van der Waals surface area contributed by atoms with Crippen LogP contribution in [0, 0.1) is 6.92 Å². The molecule has 0 bridgehead atoms. The fourth-order valence-electron chi connectivity index (χ4n) is 4.54. The molecule has 0 spiro atoms. The van der Waals surface area contributed by atoms with Crippen molar-refractivity contribution in [3.8, 4) is 28.2 Å². The van der Waals surface area contributed by atoms with E-state index in [4.69, 9.17) is 14.8 Å². The van der Waals surface area contributed by atoms with Crippen molar-refractivity contribution in [3.05, 3.63) is 83.2 Å². The third-order valence-electron chi connectivity index (χ3n) is 6.26. The van der Waals surface area contributed by atoms with Crippen molar-refractivity contribution >= 4 is 26.8 Å². The summed E-state index contributed by atoms with van der Waals surface area (Å²) in [6.45, 7) is 2.78. The van der Waals surface area contributed by atoms with Gasteiger partial charge in [0.25, 0.3) is 0 Å². The number of benzene rings is 2. The molecular formula is C27H24BrN5O. The van der Waals surface area contributed by atoms with Gasteiger partial charge in [-0.05, 0) is 80.3 Å². The van der Waals surface area contributed by atoms with Gasteiger partial charge in [0.05, 0.1) is 23.1 Å². The van der Waals surface area contributed by atoms with E-state index in [1.165, 1.54) is 0 Å². The Balaban J connectivity index is 1.45. The normalized spacial score (nSPS) is 16.2. The van der Waals surface area contributed by atoms with Gasteiger partial charge in [-0.25, -0.2) is 9.36 Å². The third-order valence-corrected chi connectivity index (χ3v) is 6.79. The molecule has 0 amide bonds. The lowest BCUT2D eigenvalue weighted by atomic mass is 10.0. The molecule has 0 saturated carbocycles. The zero-order valence-corrected chi connectivity index (χ0v) is 20.4. The molecule has 0 aliphatic carbocycles.